The van der Waals surface area contributed by atoms with Crippen LogP contribution in [0.1, 0.15) is 42.9 Å². The van der Waals surface area contributed by atoms with Crippen molar-refractivity contribution in [2.45, 2.75) is 37.8 Å². The first-order chi connectivity index (χ1) is 13.7. The molecule has 2 heterocycles. The van der Waals surface area contributed by atoms with Gasteiger partial charge in [0, 0.05) is 31.5 Å². The number of carbonyl (C=O) groups is 2. The average Bonchev–Trinajstić information content (AvgIpc) is 3.27. The maximum absolute atomic E-state index is 13.0. The van der Waals surface area contributed by atoms with Crippen LogP contribution in [-0.2, 0) is 4.79 Å². The molecule has 6 heteroatoms. The van der Waals surface area contributed by atoms with E-state index in [1.54, 1.807) is 17.3 Å². The molecule has 1 aromatic carbocycles. The lowest BCUT2D eigenvalue weighted by molar-refractivity contribution is -0.137. The van der Waals surface area contributed by atoms with Gasteiger partial charge in [-0.25, -0.2) is 4.79 Å². The maximum atomic E-state index is 13.0. The van der Waals surface area contributed by atoms with E-state index in [0.29, 0.717) is 19.1 Å². The van der Waals surface area contributed by atoms with Crippen molar-refractivity contribution < 1.29 is 9.59 Å². The predicted octanol–water partition coefficient (Wildman–Crippen LogP) is 2.97. The molecular weight excluding hydrogens is 352 g/mol. The number of aromatic nitrogens is 1. The zero-order valence-corrected chi connectivity index (χ0v) is 16.0. The molecule has 1 saturated heterocycles. The summed E-state index contributed by atoms with van der Waals surface area (Å²) in [4.78, 5) is 33.3. The number of hydrogen-bond acceptors (Lipinski definition) is 3. The van der Waals surface area contributed by atoms with E-state index in [1.165, 1.54) is 12.8 Å². The minimum atomic E-state index is -0.278. The van der Waals surface area contributed by atoms with Gasteiger partial charge in [-0.2, -0.15) is 0 Å². The summed E-state index contributed by atoms with van der Waals surface area (Å²) in [6.45, 7) is 1.36. The third kappa shape index (κ3) is 4.01. The number of benzene rings is 1. The highest BCUT2D eigenvalue weighted by Crippen LogP contribution is 2.25. The zero-order valence-electron chi connectivity index (χ0n) is 16.0. The van der Waals surface area contributed by atoms with Gasteiger partial charge < -0.3 is 15.1 Å². The van der Waals surface area contributed by atoms with Crippen molar-refractivity contribution in [3.05, 3.63) is 66.0 Å². The lowest BCUT2D eigenvalue weighted by atomic mass is 10.00. The minimum Gasteiger partial charge on any atom is -0.336 e. The van der Waals surface area contributed by atoms with Gasteiger partial charge in [0.15, 0.2) is 0 Å². The predicted molar refractivity (Wildman–Crippen MR) is 107 cm³/mol. The number of piperazine rings is 1. The Labute approximate surface area is 165 Å². The van der Waals surface area contributed by atoms with Crippen LogP contribution in [-0.4, -0.2) is 52.4 Å². The summed E-state index contributed by atoms with van der Waals surface area (Å²) in [6, 6.07) is 13.6. The molecule has 0 unspecified atom stereocenters. The Kier molecular flexibility index (Phi) is 5.55. The van der Waals surface area contributed by atoms with E-state index in [9.17, 15) is 9.59 Å². The second-order valence-corrected chi connectivity index (χ2v) is 7.52. The van der Waals surface area contributed by atoms with Gasteiger partial charge in [0.1, 0.15) is 6.54 Å². The molecule has 4 rings (SSSR count). The van der Waals surface area contributed by atoms with Crippen molar-refractivity contribution in [1.82, 2.24) is 20.1 Å². The number of pyridine rings is 1. The first kappa shape index (κ1) is 18.5. The fourth-order valence-corrected chi connectivity index (χ4v) is 4.24. The molecule has 1 atom stereocenters. The molecule has 146 valence electrons. The molecule has 1 N–H and O–H groups in total. The second-order valence-electron chi connectivity index (χ2n) is 7.52. The molecule has 0 spiro atoms. The van der Waals surface area contributed by atoms with Gasteiger partial charge in [-0.15, -0.1) is 0 Å². The monoisotopic (exact) mass is 378 g/mol. The molecule has 0 bridgehead atoms. The van der Waals surface area contributed by atoms with Gasteiger partial charge in [-0.05, 0) is 36.1 Å². The van der Waals surface area contributed by atoms with E-state index in [1.807, 2.05) is 47.4 Å². The molecule has 2 fully saturated rings. The molecule has 1 aliphatic heterocycles. The highest BCUT2D eigenvalue weighted by Gasteiger charge is 2.33. The number of urea groups is 1. The fraction of sp³-hybridized carbons (Fsp3) is 0.409. The summed E-state index contributed by atoms with van der Waals surface area (Å²) < 4.78 is 0. The second kappa shape index (κ2) is 8.42. The van der Waals surface area contributed by atoms with Crippen LogP contribution in [0, 0.1) is 0 Å². The first-order valence-corrected chi connectivity index (χ1v) is 10.0. The number of hydrogen-bond donors (Lipinski definition) is 1. The largest absolute Gasteiger partial charge is 0.336 e. The number of nitrogens with one attached hydrogen (secondary N) is 1. The van der Waals surface area contributed by atoms with Crippen molar-refractivity contribution >= 4 is 11.9 Å². The molecule has 6 nitrogen and oxygen atoms in total. The summed E-state index contributed by atoms with van der Waals surface area (Å²) >= 11 is 0. The maximum Gasteiger partial charge on any atom is 0.318 e. The molecule has 3 amide bonds. The van der Waals surface area contributed by atoms with Crippen molar-refractivity contribution in [3.8, 4) is 0 Å². The van der Waals surface area contributed by atoms with Crippen LogP contribution >= 0.6 is 0 Å². The van der Waals surface area contributed by atoms with Crippen molar-refractivity contribution in [2.24, 2.45) is 0 Å². The molecule has 28 heavy (non-hydrogen) atoms. The topological polar surface area (TPSA) is 65.5 Å². The fourth-order valence-electron chi connectivity index (χ4n) is 4.24. The summed E-state index contributed by atoms with van der Waals surface area (Å²) in [5, 5.41) is 3.11. The summed E-state index contributed by atoms with van der Waals surface area (Å²) in [6.07, 6.45) is 8.03. The van der Waals surface area contributed by atoms with Crippen LogP contribution in [0.3, 0.4) is 0 Å². The van der Waals surface area contributed by atoms with Gasteiger partial charge in [0.2, 0.25) is 5.91 Å². The zero-order chi connectivity index (χ0) is 19.3. The molecule has 2 aromatic rings. The van der Waals surface area contributed by atoms with Gasteiger partial charge in [-0.3, -0.25) is 9.78 Å². The van der Waals surface area contributed by atoms with Crippen LogP contribution in [0.2, 0.25) is 0 Å². The number of rotatable bonds is 4. The third-order valence-corrected chi connectivity index (χ3v) is 5.75. The van der Waals surface area contributed by atoms with E-state index < -0.39 is 0 Å². The molecule has 1 aromatic heterocycles. The molecule has 1 aliphatic carbocycles. The van der Waals surface area contributed by atoms with Gasteiger partial charge in [0.25, 0.3) is 0 Å². The lowest BCUT2D eigenvalue weighted by Crippen LogP contribution is -2.57. The van der Waals surface area contributed by atoms with Crippen LogP contribution in [0.25, 0.3) is 0 Å². The Morgan fingerprint density at radius 2 is 1.68 bits per heavy atom. The number of nitrogens with zero attached hydrogens (tertiary/aromatic N) is 3. The van der Waals surface area contributed by atoms with Crippen LogP contribution < -0.4 is 5.32 Å². The Bertz CT molecular complexity index is 766. The average molecular weight is 378 g/mol. The Hall–Kier alpha value is -2.89. The van der Waals surface area contributed by atoms with Gasteiger partial charge >= 0.3 is 6.03 Å². The molecule has 1 saturated carbocycles. The molecule has 2 aliphatic rings. The molecule has 0 radical (unpaired) electrons. The van der Waals surface area contributed by atoms with E-state index in [-0.39, 0.29) is 24.5 Å². The van der Waals surface area contributed by atoms with E-state index in [4.69, 9.17) is 0 Å². The normalized spacial score (nSPS) is 18.9. The highest BCUT2D eigenvalue weighted by atomic mass is 16.2. The van der Waals surface area contributed by atoms with Gasteiger partial charge in [0.05, 0.1) is 6.04 Å². The van der Waals surface area contributed by atoms with Crippen LogP contribution in [0.4, 0.5) is 4.79 Å². The van der Waals surface area contributed by atoms with Gasteiger partial charge in [-0.1, -0.05) is 43.2 Å². The standard InChI is InChI=1S/C22H26N4O2/c27-20-16-25(14-15-26(20)19-8-4-5-9-19)22(28)24-21(17-6-2-1-3-7-17)18-10-12-23-13-11-18/h1-3,6-7,10-13,19,21H,4-5,8-9,14-16H2,(H,24,28)/t21-/m1/s1. The summed E-state index contributed by atoms with van der Waals surface area (Å²) in [5.41, 5.74) is 1.96. The molecular formula is C22H26N4O2. The lowest BCUT2D eigenvalue weighted by Gasteiger charge is -2.38. The van der Waals surface area contributed by atoms with Crippen molar-refractivity contribution in [1.29, 1.82) is 0 Å². The van der Waals surface area contributed by atoms with E-state index in [0.717, 1.165) is 24.0 Å². The van der Waals surface area contributed by atoms with Crippen LogP contribution in [0.15, 0.2) is 54.9 Å². The number of carbonyl (C=O) groups excluding carboxylic acids is 2. The minimum absolute atomic E-state index is 0.0634. The highest BCUT2D eigenvalue weighted by molar-refractivity contribution is 5.85. The summed E-state index contributed by atoms with van der Waals surface area (Å²) in [5.74, 6) is 0.0634. The quantitative estimate of drug-likeness (QED) is 0.890. The summed E-state index contributed by atoms with van der Waals surface area (Å²) in [7, 11) is 0. The SMILES string of the molecule is O=C(N[C@H](c1ccccc1)c1ccncc1)N1CCN(C2CCCC2)C(=O)C1. The third-order valence-electron chi connectivity index (χ3n) is 5.75. The Morgan fingerprint density at radius 3 is 2.36 bits per heavy atom. The number of amides is 3. The van der Waals surface area contributed by atoms with Crippen molar-refractivity contribution in [3.63, 3.8) is 0 Å². The Balaban J connectivity index is 1.45. The Morgan fingerprint density at radius 1 is 1.00 bits per heavy atom. The van der Waals surface area contributed by atoms with Crippen LogP contribution in [0.5, 0.6) is 0 Å². The first-order valence-electron chi connectivity index (χ1n) is 10.0. The van der Waals surface area contributed by atoms with E-state index in [2.05, 4.69) is 10.3 Å². The van der Waals surface area contributed by atoms with Crippen molar-refractivity contribution in [2.75, 3.05) is 19.6 Å². The van der Waals surface area contributed by atoms with E-state index >= 15 is 0 Å². The smallest absolute Gasteiger partial charge is 0.318 e.